The van der Waals surface area contributed by atoms with Crippen LogP contribution in [0.25, 0.3) is 16.9 Å². The highest BCUT2D eigenvalue weighted by molar-refractivity contribution is 7.99. The number of rotatable bonds is 2. The minimum absolute atomic E-state index is 0. The number of imidazole rings is 1. The summed E-state index contributed by atoms with van der Waals surface area (Å²) in [6, 6.07) is 18.7. The van der Waals surface area contributed by atoms with E-state index in [0.717, 1.165) is 17.3 Å². The van der Waals surface area contributed by atoms with Crippen LogP contribution in [0.3, 0.4) is 0 Å². The number of thioether (sulfide) groups is 1. The Morgan fingerprint density at radius 1 is 1.04 bits per heavy atom. The molecule has 0 N–H and O–H groups in total. The number of hydrogen-bond acceptors (Lipinski definition) is 1. The van der Waals surface area contributed by atoms with E-state index in [9.17, 15) is 0 Å². The van der Waals surface area contributed by atoms with Crippen LogP contribution in [-0.2, 0) is 6.54 Å². The third kappa shape index (κ3) is 2.84. The minimum Gasteiger partial charge on any atom is -1.00 e. The average Bonchev–Trinajstić information content (AvgIpc) is 3.12. The van der Waals surface area contributed by atoms with Crippen molar-refractivity contribution in [2.24, 2.45) is 0 Å². The first-order chi connectivity index (χ1) is 10.8. The topological polar surface area (TPSA) is 8.81 Å². The Hall–Kier alpha value is -1.23. The third-order valence-corrected chi connectivity index (χ3v) is 5.37. The summed E-state index contributed by atoms with van der Waals surface area (Å²) in [6.45, 7) is 3.28. The molecule has 0 amide bonds. The number of hydrogen-bond donors (Lipinski definition) is 0. The van der Waals surface area contributed by atoms with Crippen molar-refractivity contribution in [3.05, 3.63) is 65.3 Å². The van der Waals surface area contributed by atoms with Crippen LogP contribution in [-0.4, -0.2) is 10.3 Å². The van der Waals surface area contributed by atoms with Gasteiger partial charge in [0.15, 0.2) is 5.69 Å². The molecule has 0 fully saturated rings. The van der Waals surface area contributed by atoms with Crippen molar-refractivity contribution in [1.82, 2.24) is 4.57 Å². The lowest BCUT2D eigenvalue weighted by Gasteiger charge is -2.05. The Kier molecular flexibility index (Phi) is 4.85. The Bertz CT molecular complexity index is 828. The lowest BCUT2D eigenvalue weighted by Crippen LogP contribution is -3.00. The van der Waals surface area contributed by atoms with Gasteiger partial charge in [-0.25, -0.2) is 4.57 Å². The average molecular weight is 408 g/mol. The van der Waals surface area contributed by atoms with Gasteiger partial charge in [-0.05, 0) is 48.2 Å². The largest absolute Gasteiger partial charge is 1.00 e. The maximum absolute atomic E-state index is 6.05. The number of halogens is 2. The fourth-order valence-corrected chi connectivity index (χ4v) is 4.34. The lowest BCUT2D eigenvalue weighted by molar-refractivity contribution is -0.728. The van der Waals surface area contributed by atoms with Crippen LogP contribution in [0.5, 0.6) is 0 Å². The summed E-state index contributed by atoms with van der Waals surface area (Å²) >= 11 is 7.98. The Morgan fingerprint density at radius 3 is 2.43 bits per heavy atom. The molecule has 0 spiro atoms. The van der Waals surface area contributed by atoms with Gasteiger partial charge in [0.1, 0.15) is 17.9 Å². The molecule has 4 rings (SSSR count). The molecule has 0 saturated heterocycles. The molecule has 0 atom stereocenters. The van der Waals surface area contributed by atoms with Crippen LogP contribution < -0.4 is 21.5 Å². The Labute approximate surface area is 155 Å². The van der Waals surface area contributed by atoms with Crippen LogP contribution in [0.4, 0.5) is 0 Å². The third-order valence-electron chi connectivity index (χ3n) is 4.07. The maximum atomic E-state index is 6.05. The summed E-state index contributed by atoms with van der Waals surface area (Å²) in [5.41, 5.74) is 4.98. The van der Waals surface area contributed by atoms with E-state index in [-0.39, 0.29) is 17.0 Å². The van der Waals surface area contributed by atoms with Crippen molar-refractivity contribution in [2.45, 2.75) is 18.6 Å². The molecule has 2 nitrogen and oxygen atoms in total. The van der Waals surface area contributed by atoms with Crippen LogP contribution >= 0.6 is 23.4 Å². The van der Waals surface area contributed by atoms with Gasteiger partial charge in [-0.1, -0.05) is 29.8 Å². The highest BCUT2D eigenvalue weighted by Gasteiger charge is 2.34. The molecule has 0 aliphatic carbocycles. The molecule has 2 aromatic carbocycles. The van der Waals surface area contributed by atoms with Crippen LogP contribution in [0.1, 0.15) is 5.69 Å². The molecule has 0 saturated carbocycles. The van der Waals surface area contributed by atoms with E-state index in [1.54, 1.807) is 0 Å². The summed E-state index contributed by atoms with van der Waals surface area (Å²) in [5, 5.41) is 2.09. The number of benzene rings is 2. The summed E-state index contributed by atoms with van der Waals surface area (Å²) in [6.07, 6.45) is 0. The van der Waals surface area contributed by atoms with E-state index in [0.29, 0.717) is 0 Å². The first-order valence-corrected chi connectivity index (χ1v) is 8.71. The van der Waals surface area contributed by atoms with Gasteiger partial charge in [0, 0.05) is 23.3 Å². The van der Waals surface area contributed by atoms with E-state index in [4.69, 9.17) is 11.6 Å². The summed E-state index contributed by atoms with van der Waals surface area (Å²) in [7, 11) is 0. The molecule has 0 unspecified atom stereocenters. The van der Waals surface area contributed by atoms with Gasteiger partial charge in [-0.2, -0.15) is 4.57 Å². The second-order valence-corrected chi connectivity index (χ2v) is 6.89. The van der Waals surface area contributed by atoms with Crippen molar-refractivity contribution in [3.63, 3.8) is 0 Å². The van der Waals surface area contributed by atoms with E-state index in [1.807, 2.05) is 23.9 Å². The molecule has 5 heteroatoms. The van der Waals surface area contributed by atoms with Crippen molar-refractivity contribution in [3.8, 4) is 16.9 Å². The smallest absolute Gasteiger partial charge is 0.324 e. The molecule has 118 valence electrons. The van der Waals surface area contributed by atoms with Crippen LogP contribution in [0.15, 0.2) is 59.8 Å². The second-order valence-electron chi connectivity index (χ2n) is 5.39. The monoisotopic (exact) mass is 406 g/mol. The van der Waals surface area contributed by atoms with E-state index in [2.05, 4.69) is 58.5 Å². The molecule has 23 heavy (non-hydrogen) atoms. The fourth-order valence-electron chi connectivity index (χ4n) is 3.05. The van der Waals surface area contributed by atoms with Crippen LogP contribution in [0.2, 0.25) is 5.02 Å². The Morgan fingerprint density at radius 2 is 1.74 bits per heavy atom. The molecule has 1 aliphatic heterocycles. The van der Waals surface area contributed by atoms with E-state index in [1.165, 1.54) is 27.8 Å². The van der Waals surface area contributed by atoms with Gasteiger partial charge in [-0.15, -0.1) is 0 Å². The number of nitrogens with zero attached hydrogens (tertiary/aromatic N) is 2. The van der Waals surface area contributed by atoms with Gasteiger partial charge in [0.2, 0.25) is 0 Å². The SMILES string of the molecule is Cc1c(-c2ccc(Cl)cc2)n(-c2ccccc2)c2[n+]1CCS2.[Br-]. The standard InChI is InChI=1S/C18H16ClN2S.BrH/c1-13-17(14-7-9-15(19)10-8-14)21(16-5-3-2-4-6-16)18-20(13)11-12-22-18;/h2-10H,11-12H2,1H3;1H/q+1;/p-1. The van der Waals surface area contributed by atoms with Crippen molar-refractivity contribution in [2.75, 3.05) is 5.75 Å². The minimum atomic E-state index is 0. The van der Waals surface area contributed by atoms with Gasteiger partial charge in [0.05, 0.1) is 0 Å². The fraction of sp³-hybridized carbons (Fsp3) is 0.167. The normalized spacial score (nSPS) is 12.8. The van der Waals surface area contributed by atoms with E-state index < -0.39 is 0 Å². The molecule has 1 aliphatic rings. The number of fused-ring (bicyclic) bond motifs is 1. The molecular formula is C18H16BrClN2S. The van der Waals surface area contributed by atoms with Crippen LogP contribution in [0, 0.1) is 6.92 Å². The molecular weight excluding hydrogens is 392 g/mol. The summed E-state index contributed by atoms with van der Waals surface area (Å²) in [4.78, 5) is 0. The van der Waals surface area contributed by atoms with Gasteiger partial charge >= 0.3 is 5.16 Å². The molecule has 0 radical (unpaired) electrons. The Balaban J connectivity index is 0.00000156. The second kappa shape index (κ2) is 6.71. The number of para-hydroxylation sites is 1. The predicted octanol–water partition coefficient (Wildman–Crippen LogP) is 1.50. The van der Waals surface area contributed by atoms with Crippen molar-refractivity contribution >= 4 is 23.4 Å². The first-order valence-electron chi connectivity index (χ1n) is 7.35. The molecule has 1 aromatic heterocycles. The lowest BCUT2D eigenvalue weighted by atomic mass is 10.1. The molecule has 3 aromatic rings. The van der Waals surface area contributed by atoms with E-state index >= 15 is 0 Å². The summed E-state index contributed by atoms with van der Waals surface area (Å²) < 4.78 is 4.79. The number of aromatic nitrogens is 2. The highest BCUT2D eigenvalue weighted by atomic mass is 79.9. The predicted molar refractivity (Wildman–Crippen MR) is 91.9 cm³/mol. The maximum Gasteiger partial charge on any atom is 0.324 e. The summed E-state index contributed by atoms with van der Waals surface area (Å²) in [5.74, 6) is 1.14. The zero-order chi connectivity index (χ0) is 15.1. The zero-order valence-electron chi connectivity index (χ0n) is 12.7. The first kappa shape index (κ1) is 16.6. The molecule has 2 heterocycles. The van der Waals surface area contributed by atoms with Gasteiger partial charge in [0.25, 0.3) is 0 Å². The molecule has 0 bridgehead atoms. The van der Waals surface area contributed by atoms with Crippen molar-refractivity contribution in [1.29, 1.82) is 0 Å². The zero-order valence-corrected chi connectivity index (χ0v) is 15.8. The van der Waals surface area contributed by atoms with Crippen molar-refractivity contribution < 1.29 is 21.5 Å². The van der Waals surface area contributed by atoms with Gasteiger partial charge in [-0.3, -0.25) is 0 Å². The van der Waals surface area contributed by atoms with Gasteiger partial charge < -0.3 is 17.0 Å². The highest BCUT2D eigenvalue weighted by Crippen LogP contribution is 2.34. The quantitative estimate of drug-likeness (QED) is 0.585.